The van der Waals surface area contributed by atoms with Gasteiger partial charge in [-0.1, -0.05) is 37.3 Å². The van der Waals surface area contributed by atoms with Crippen molar-refractivity contribution < 1.29 is 0 Å². The van der Waals surface area contributed by atoms with Crippen molar-refractivity contribution in [2.45, 2.75) is 44.7 Å². The lowest BCUT2D eigenvalue weighted by Crippen LogP contribution is -2.52. The van der Waals surface area contributed by atoms with E-state index in [9.17, 15) is 0 Å². The molecule has 2 atom stereocenters. The Hall–Kier alpha value is -1.30. The highest BCUT2D eigenvalue weighted by Crippen LogP contribution is 2.24. The molecule has 1 heterocycles. The topological polar surface area (TPSA) is 15.3 Å². The molecule has 1 N–H and O–H groups in total. The Labute approximate surface area is 123 Å². The Morgan fingerprint density at radius 2 is 2.10 bits per heavy atom. The highest BCUT2D eigenvalue weighted by molar-refractivity contribution is 5.20. The first-order valence-corrected chi connectivity index (χ1v) is 7.81. The van der Waals surface area contributed by atoms with Gasteiger partial charge < -0.3 is 5.32 Å². The number of benzene rings is 1. The van der Waals surface area contributed by atoms with E-state index < -0.39 is 0 Å². The van der Waals surface area contributed by atoms with Crippen molar-refractivity contribution >= 4 is 0 Å². The minimum Gasteiger partial charge on any atom is -0.311 e. The summed E-state index contributed by atoms with van der Waals surface area (Å²) in [6, 6.07) is 12.0. The van der Waals surface area contributed by atoms with Gasteiger partial charge in [-0.15, -0.1) is 12.3 Å². The van der Waals surface area contributed by atoms with Crippen LogP contribution in [-0.2, 0) is 0 Å². The molecule has 2 nitrogen and oxygen atoms in total. The van der Waals surface area contributed by atoms with Crippen LogP contribution >= 0.6 is 0 Å². The van der Waals surface area contributed by atoms with Crippen molar-refractivity contribution in [2.75, 3.05) is 19.6 Å². The fourth-order valence-corrected chi connectivity index (χ4v) is 2.95. The second-order valence-electron chi connectivity index (χ2n) is 5.60. The average molecular weight is 270 g/mol. The Morgan fingerprint density at radius 3 is 2.80 bits per heavy atom. The van der Waals surface area contributed by atoms with Crippen LogP contribution in [0, 0.1) is 12.3 Å². The van der Waals surface area contributed by atoms with Crippen LogP contribution in [-0.4, -0.2) is 30.6 Å². The minimum atomic E-state index is 0.504. The second kappa shape index (κ2) is 8.09. The Balaban J connectivity index is 1.98. The summed E-state index contributed by atoms with van der Waals surface area (Å²) in [5, 5.41) is 3.67. The maximum absolute atomic E-state index is 5.34. The Kier molecular flexibility index (Phi) is 6.11. The van der Waals surface area contributed by atoms with Gasteiger partial charge in [0, 0.05) is 31.6 Å². The van der Waals surface area contributed by atoms with Crippen LogP contribution in [0.3, 0.4) is 0 Å². The SMILES string of the molecule is C#CCCCCN1CC(CC)NCC1c1ccccc1. The van der Waals surface area contributed by atoms with Gasteiger partial charge in [-0.3, -0.25) is 4.90 Å². The molecule has 0 amide bonds. The maximum atomic E-state index is 5.34. The van der Waals surface area contributed by atoms with E-state index in [1.165, 1.54) is 18.4 Å². The quantitative estimate of drug-likeness (QED) is 0.631. The van der Waals surface area contributed by atoms with Gasteiger partial charge in [0.1, 0.15) is 0 Å². The van der Waals surface area contributed by atoms with Crippen molar-refractivity contribution in [2.24, 2.45) is 0 Å². The zero-order chi connectivity index (χ0) is 14.2. The summed E-state index contributed by atoms with van der Waals surface area (Å²) in [6.07, 6.45) is 9.77. The maximum Gasteiger partial charge on any atom is 0.0473 e. The molecule has 20 heavy (non-hydrogen) atoms. The Bertz CT molecular complexity index is 421. The first-order valence-electron chi connectivity index (χ1n) is 7.81. The van der Waals surface area contributed by atoms with Crippen molar-refractivity contribution in [1.29, 1.82) is 0 Å². The molecular weight excluding hydrogens is 244 g/mol. The molecule has 1 saturated heterocycles. The molecule has 108 valence electrons. The molecule has 1 fully saturated rings. The molecule has 0 spiro atoms. The highest BCUT2D eigenvalue weighted by atomic mass is 15.2. The van der Waals surface area contributed by atoms with Crippen molar-refractivity contribution in [3.8, 4) is 12.3 Å². The number of nitrogens with one attached hydrogen (secondary N) is 1. The Morgan fingerprint density at radius 1 is 1.30 bits per heavy atom. The molecule has 1 aliphatic rings. The molecule has 1 aromatic rings. The number of nitrogens with zero attached hydrogens (tertiary/aromatic N) is 1. The second-order valence-corrected chi connectivity index (χ2v) is 5.60. The van der Waals surface area contributed by atoms with Crippen LogP contribution in [0.25, 0.3) is 0 Å². The molecule has 0 bridgehead atoms. The van der Waals surface area contributed by atoms with Crippen LogP contribution in [0.1, 0.15) is 44.2 Å². The molecule has 1 aliphatic heterocycles. The van der Waals surface area contributed by atoms with E-state index in [-0.39, 0.29) is 0 Å². The zero-order valence-electron chi connectivity index (χ0n) is 12.5. The smallest absolute Gasteiger partial charge is 0.0473 e. The summed E-state index contributed by atoms with van der Waals surface area (Å²) in [7, 11) is 0. The average Bonchev–Trinajstić information content (AvgIpc) is 2.52. The number of terminal acetylenes is 1. The van der Waals surface area contributed by atoms with Crippen LogP contribution in [0.2, 0.25) is 0 Å². The van der Waals surface area contributed by atoms with Crippen molar-refractivity contribution in [1.82, 2.24) is 10.2 Å². The summed E-state index contributed by atoms with van der Waals surface area (Å²) in [6.45, 7) is 5.61. The minimum absolute atomic E-state index is 0.504. The van der Waals surface area contributed by atoms with Gasteiger partial charge >= 0.3 is 0 Å². The van der Waals surface area contributed by atoms with Gasteiger partial charge in [-0.2, -0.15) is 0 Å². The van der Waals surface area contributed by atoms with Crippen LogP contribution < -0.4 is 5.32 Å². The molecule has 0 radical (unpaired) electrons. The normalized spacial score (nSPS) is 23.4. The summed E-state index contributed by atoms with van der Waals surface area (Å²) in [5.41, 5.74) is 1.42. The lowest BCUT2D eigenvalue weighted by Gasteiger charge is -2.40. The van der Waals surface area contributed by atoms with E-state index in [0.717, 1.165) is 32.5 Å². The number of rotatable bonds is 6. The third-order valence-electron chi connectivity index (χ3n) is 4.19. The van der Waals surface area contributed by atoms with Gasteiger partial charge in [0.2, 0.25) is 0 Å². The summed E-state index contributed by atoms with van der Waals surface area (Å²) in [4.78, 5) is 2.64. The number of unbranched alkanes of at least 4 members (excludes halogenated alkanes) is 2. The standard InChI is InChI=1S/C18H26N2/c1-3-5-6-10-13-20-15-17(4-2)19-14-18(20)16-11-8-7-9-12-16/h1,7-9,11-12,17-19H,4-6,10,13-15H2,2H3. The number of hydrogen-bond acceptors (Lipinski definition) is 2. The van der Waals surface area contributed by atoms with E-state index in [1.54, 1.807) is 0 Å². The largest absolute Gasteiger partial charge is 0.311 e. The molecule has 2 heteroatoms. The lowest BCUT2D eigenvalue weighted by atomic mass is 9.99. The van der Waals surface area contributed by atoms with Crippen molar-refractivity contribution in [3.05, 3.63) is 35.9 Å². The van der Waals surface area contributed by atoms with Crippen molar-refractivity contribution in [3.63, 3.8) is 0 Å². The van der Waals surface area contributed by atoms with Gasteiger partial charge in [0.05, 0.1) is 0 Å². The summed E-state index contributed by atoms with van der Waals surface area (Å²) < 4.78 is 0. The molecule has 0 aliphatic carbocycles. The van der Waals surface area contributed by atoms with Gasteiger partial charge in [0.15, 0.2) is 0 Å². The third kappa shape index (κ3) is 4.10. The summed E-state index contributed by atoms with van der Waals surface area (Å²) in [5.74, 6) is 2.74. The first kappa shape index (κ1) is 15.1. The van der Waals surface area contributed by atoms with Gasteiger partial charge in [0.25, 0.3) is 0 Å². The molecule has 0 saturated carbocycles. The molecule has 2 rings (SSSR count). The third-order valence-corrected chi connectivity index (χ3v) is 4.19. The molecule has 0 aromatic heterocycles. The predicted molar refractivity (Wildman–Crippen MR) is 85.5 cm³/mol. The summed E-state index contributed by atoms with van der Waals surface area (Å²) >= 11 is 0. The monoisotopic (exact) mass is 270 g/mol. The fourth-order valence-electron chi connectivity index (χ4n) is 2.95. The lowest BCUT2D eigenvalue weighted by molar-refractivity contribution is 0.126. The van der Waals surface area contributed by atoms with E-state index in [1.807, 2.05) is 0 Å². The number of hydrogen-bond donors (Lipinski definition) is 1. The van der Waals surface area contributed by atoms with Crippen LogP contribution in [0.15, 0.2) is 30.3 Å². The molecule has 1 aromatic carbocycles. The zero-order valence-corrected chi connectivity index (χ0v) is 12.5. The first-order chi connectivity index (χ1) is 9.85. The van der Waals surface area contributed by atoms with E-state index in [4.69, 9.17) is 6.42 Å². The highest BCUT2D eigenvalue weighted by Gasteiger charge is 2.27. The predicted octanol–water partition coefficient (Wildman–Crippen LogP) is 3.22. The number of piperazine rings is 1. The van der Waals surface area contributed by atoms with Gasteiger partial charge in [-0.05, 0) is 31.4 Å². The molecule has 2 unspecified atom stereocenters. The van der Waals surface area contributed by atoms with E-state index >= 15 is 0 Å². The molecular formula is C18H26N2. The van der Waals surface area contributed by atoms with Gasteiger partial charge in [-0.25, -0.2) is 0 Å². The van der Waals surface area contributed by atoms with Crippen LogP contribution in [0.5, 0.6) is 0 Å². The van der Waals surface area contributed by atoms with Crippen LogP contribution in [0.4, 0.5) is 0 Å². The van der Waals surface area contributed by atoms with E-state index in [0.29, 0.717) is 12.1 Å². The fraction of sp³-hybridized carbons (Fsp3) is 0.556. The van der Waals surface area contributed by atoms with E-state index in [2.05, 4.69) is 53.4 Å².